The standard InChI is InChI=1S/C17H17BrClNO/c1-12-9-14(19)7-8-16(12)17(21)20-15(11-18)10-13-5-3-2-4-6-13/h2-9,15H,10-11H2,1H3,(H,20,21). The molecule has 0 saturated carbocycles. The molecule has 1 unspecified atom stereocenters. The molecule has 1 amide bonds. The molecule has 0 bridgehead atoms. The van der Waals surface area contributed by atoms with Crippen LogP contribution in [0.4, 0.5) is 0 Å². The van der Waals surface area contributed by atoms with Crippen molar-refractivity contribution in [2.24, 2.45) is 0 Å². The largest absolute Gasteiger partial charge is 0.348 e. The van der Waals surface area contributed by atoms with E-state index in [-0.39, 0.29) is 11.9 Å². The Morgan fingerprint density at radius 2 is 1.95 bits per heavy atom. The summed E-state index contributed by atoms with van der Waals surface area (Å²) in [5.41, 5.74) is 2.75. The van der Waals surface area contributed by atoms with Gasteiger partial charge in [0.15, 0.2) is 0 Å². The predicted molar refractivity (Wildman–Crippen MR) is 91.4 cm³/mol. The summed E-state index contributed by atoms with van der Waals surface area (Å²) < 4.78 is 0. The van der Waals surface area contributed by atoms with Crippen LogP contribution in [0.3, 0.4) is 0 Å². The van der Waals surface area contributed by atoms with Gasteiger partial charge in [0.25, 0.3) is 5.91 Å². The third-order valence-corrected chi connectivity index (χ3v) is 4.30. The maximum absolute atomic E-state index is 12.4. The van der Waals surface area contributed by atoms with Crippen LogP contribution in [-0.2, 0) is 6.42 Å². The van der Waals surface area contributed by atoms with Gasteiger partial charge < -0.3 is 5.32 Å². The molecule has 0 aliphatic rings. The number of halogens is 2. The summed E-state index contributed by atoms with van der Waals surface area (Å²) in [4.78, 5) is 12.4. The lowest BCUT2D eigenvalue weighted by Crippen LogP contribution is -2.38. The number of nitrogens with one attached hydrogen (secondary N) is 1. The van der Waals surface area contributed by atoms with Crippen LogP contribution in [-0.4, -0.2) is 17.3 Å². The molecule has 0 spiro atoms. The van der Waals surface area contributed by atoms with Gasteiger partial charge in [0.2, 0.25) is 0 Å². The average molecular weight is 367 g/mol. The number of hydrogen-bond acceptors (Lipinski definition) is 1. The van der Waals surface area contributed by atoms with Crippen LogP contribution in [0, 0.1) is 6.92 Å². The van der Waals surface area contributed by atoms with Gasteiger partial charge in [-0.3, -0.25) is 4.79 Å². The third-order valence-electron chi connectivity index (χ3n) is 3.28. The van der Waals surface area contributed by atoms with Crippen molar-refractivity contribution in [3.8, 4) is 0 Å². The molecule has 0 aliphatic heterocycles. The summed E-state index contributed by atoms with van der Waals surface area (Å²) in [6.07, 6.45) is 0.796. The van der Waals surface area contributed by atoms with Crippen molar-refractivity contribution < 1.29 is 4.79 Å². The number of rotatable bonds is 5. The number of carbonyl (C=O) groups is 1. The first-order valence-corrected chi connectivity index (χ1v) is 8.27. The van der Waals surface area contributed by atoms with E-state index in [1.165, 1.54) is 5.56 Å². The number of benzene rings is 2. The van der Waals surface area contributed by atoms with Gasteiger partial charge in [-0.2, -0.15) is 0 Å². The number of amides is 1. The smallest absolute Gasteiger partial charge is 0.251 e. The minimum Gasteiger partial charge on any atom is -0.348 e. The number of hydrogen-bond donors (Lipinski definition) is 1. The van der Waals surface area contributed by atoms with E-state index >= 15 is 0 Å². The van der Waals surface area contributed by atoms with E-state index in [4.69, 9.17) is 11.6 Å². The fourth-order valence-corrected chi connectivity index (χ4v) is 2.81. The second-order valence-electron chi connectivity index (χ2n) is 4.97. The summed E-state index contributed by atoms with van der Waals surface area (Å²) in [6, 6.07) is 15.5. The Hall–Kier alpha value is -1.32. The molecule has 0 aliphatic carbocycles. The Bertz CT molecular complexity index is 615. The molecule has 0 aromatic heterocycles. The van der Waals surface area contributed by atoms with Crippen LogP contribution >= 0.6 is 27.5 Å². The molecule has 4 heteroatoms. The molecular weight excluding hydrogens is 350 g/mol. The predicted octanol–water partition coefficient (Wildman–Crippen LogP) is 4.38. The molecule has 0 fully saturated rings. The Kier molecular flexibility index (Phi) is 5.83. The first-order valence-electron chi connectivity index (χ1n) is 6.77. The first-order chi connectivity index (χ1) is 10.1. The van der Waals surface area contributed by atoms with Crippen molar-refractivity contribution >= 4 is 33.4 Å². The highest BCUT2D eigenvalue weighted by molar-refractivity contribution is 9.09. The monoisotopic (exact) mass is 365 g/mol. The summed E-state index contributed by atoms with van der Waals surface area (Å²) in [7, 11) is 0. The number of alkyl halides is 1. The van der Waals surface area contributed by atoms with Gasteiger partial charge >= 0.3 is 0 Å². The highest BCUT2D eigenvalue weighted by Crippen LogP contribution is 2.15. The summed E-state index contributed by atoms with van der Waals surface area (Å²) in [5, 5.41) is 4.42. The van der Waals surface area contributed by atoms with Gasteiger partial charge in [0.1, 0.15) is 0 Å². The molecule has 0 heterocycles. The lowest BCUT2D eigenvalue weighted by atomic mass is 10.1. The normalized spacial score (nSPS) is 12.0. The average Bonchev–Trinajstić information content (AvgIpc) is 2.47. The van der Waals surface area contributed by atoms with Crippen LogP contribution in [0.5, 0.6) is 0 Å². The number of aryl methyl sites for hydroxylation is 1. The Balaban J connectivity index is 2.06. The fraction of sp³-hybridized carbons (Fsp3) is 0.235. The van der Waals surface area contributed by atoms with Crippen LogP contribution < -0.4 is 5.32 Å². The van der Waals surface area contributed by atoms with Crippen LogP contribution in [0.1, 0.15) is 21.5 Å². The van der Waals surface area contributed by atoms with Crippen molar-refractivity contribution in [2.45, 2.75) is 19.4 Å². The number of carbonyl (C=O) groups excluding carboxylic acids is 1. The molecule has 0 radical (unpaired) electrons. The van der Waals surface area contributed by atoms with E-state index in [9.17, 15) is 4.79 Å². The van der Waals surface area contributed by atoms with E-state index in [1.807, 2.05) is 25.1 Å². The van der Waals surface area contributed by atoms with Crippen LogP contribution in [0.2, 0.25) is 5.02 Å². The van der Waals surface area contributed by atoms with Crippen molar-refractivity contribution in [3.63, 3.8) is 0 Å². The first kappa shape index (κ1) is 16.1. The minimum atomic E-state index is -0.0652. The summed E-state index contributed by atoms with van der Waals surface area (Å²) in [6.45, 7) is 1.89. The van der Waals surface area contributed by atoms with Gasteiger partial charge in [-0.1, -0.05) is 57.9 Å². The summed E-state index contributed by atoms with van der Waals surface area (Å²) in [5.74, 6) is -0.0652. The lowest BCUT2D eigenvalue weighted by molar-refractivity contribution is 0.0940. The topological polar surface area (TPSA) is 29.1 Å². The van der Waals surface area contributed by atoms with E-state index in [1.54, 1.807) is 18.2 Å². The van der Waals surface area contributed by atoms with E-state index in [0.29, 0.717) is 15.9 Å². The molecule has 1 atom stereocenters. The van der Waals surface area contributed by atoms with Gasteiger partial charge in [0, 0.05) is 22.0 Å². The van der Waals surface area contributed by atoms with E-state index < -0.39 is 0 Å². The molecule has 2 nitrogen and oxygen atoms in total. The zero-order valence-corrected chi connectivity index (χ0v) is 14.1. The van der Waals surface area contributed by atoms with Gasteiger partial charge in [-0.25, -0.2) is 0 Å². The SMILES string of the molecule is Cc1cc(Cl)ccc1C(=O)NC(CBr)Cc1ccccc1. The maximum Gasteiger partial charge on any atom is 0.251 e. The maximum atomic E-state index is 12.4. The molecule has 110 valence electrons. The molecule has 2 aromatic carbocycles. The third kappa shape index (κ3) is 4.58. The molecular formula is C17H17BrClNO. The van der Waals surface area contributed by atoms with Crippen LogP contribution in [0.25, 0.3) is 0 Å². The lowest BCUT2D eigenvalue weighted by Gasteiger charge is -2.17. The van der Waals surface area contributed by atoms with E-state index in [2.05, 4.69) is 33.4 Å². The second-order valence-corrected chi connectivity index (χ2v) is 6.06. The van der Waals surface area contributed by atoms with Gasteiger partial charge in [0.05, 0.1) is 0 Å². The van der Waals surface area contributed by atoms with Crippen molar-refractivity contribution in [1.29, 1.82) is 0 Å². The van der Waals surface area contributed by atoms with Crippen molar-refractivity contribution in [3.05, 3.63) is 70.2 Å². The highest BCUT2D eigenvalue weighted by atomic mass is 79.9. The Morgan fingerprint density at radius 3 is 2.57 bits per heavy atom. The quantitative estimate of drug-likeness (QED) is 0.782. The van der Waals surface area contributed by atoms with Crippen LogP contribution in [0.15, 0.2) is 48.5 Å². The summed E-state index contributed by atoms with van der Waals surface area (Å²) >= 11 is 9.39. The second kappa shape index (κ2) is 7.62. The zero-order chi connectivity index (χ0) is 15.2. The highest BCUT2D eigenvalue weighted by Gasteiger charge is 2.15. The van der Waals surface area contributed by atoms with Crippen molar-refractivity contribution in [1.82, 2.24) is 5.32 Å². The fourth-order valence-electron chi connectivity index (χ4n) is 2.19. The minimum absolute atomic E-state index is 0.0509. The molecule has 2 aromatic rings. The Morgan fingerprint density at radius 1 is 1.24 bits per heavy atom. The van der Waals surface area contributed by atoms with Gasteiger partial charge in [-0.05, 0) is 42.7 Å². The van der Waals surface area contributed by atoms with Crippen molar-refractivity contribution in [2.75, 3.05) is 5.33 Å². The molecule has 0 saturated heterocycles. The van der Waals surface area contributed by atoms with E-state index in [0.717, 1.165) is 12.0 Å². The molecule has 21 heavy (non-hydrogen) atoms. The zero-order valence-electron chi connectivity index (χ0n) is 11.8. The molecule has 1 N–H and O–H groups in total. The Labute approximate surface area is 138 Å². The van der Waals surface area contributed by atoms with Gasteiger partial charge in [-0.15, -0.1) is 0 Å². The molecule has 2 rings (SSSR count).